The first-order valence-corrected chi connectivity index (χ1v) is 7.83. The van der Waals surface area contributed by atoms with E-state index in [9.17, 15) is 19.1 Å². The number of carbonyl (C=O) groups is 2. The summed E-state index contributed by atoms with van der Waals surface area (Å²) in [5.74, 6) is -1.54. The molecule has 0 bridgehead atoms. The highest BCUT2D eigenvalue weighted by molar-refractivity contribution is 5.97. The van der Waals surface area contributed by atoms with E-state index >= 15 is 0 Å². The van der Waals surface area contributed by atoms with Crippen molar-refractivity contribution in [2.24, 2.45) is 5.92 Å². The number of ketones is 1. The monoisotopic (exact) mass is 323 g/mol. The van der Waals surface area contributed by atoms with Gasteiger partial charge >= 0.3 is 5.97 Å². The van der Waals surface area contributed by atoms with E-state index in [-0.39, 0.29) is 29.0 Å². The van der Waals surface area contributed by atoms with Gasteiger partial charge in [0.05, 0.1) is 18.1 Å². The molecule has 0 spiro atoms. The highest BCUT2D eigenvalue weighted by Crippen LogP contribution is 2.28. The Kier molecular flexibility index (Phi) is 5.71. The first-order valence-electron chi connectivity index (χ1n) is 7.83. The summed E-state index contributed by atoms with van der Waals surface area (Å²) in [6, 6.07) is 2.27. The Balaban J connectivity index is 2.12. The summed E-state index contributed by atoms with van der Waals surface area (Å²) < 4.78 is 18.7. The minimum absolute atomic E-state index is 0.0149. The summed E-state index contributed by atoms with van der Waals surface area (Å²) in [5.41, 5.74) is 0.346. The highest BCUT2D eigenvalue weighted by Gasteiger charge is 2.27. The van der Waals surface area contributed by atoms with Gasteiger partial charge in [0.1, 0.15) is 11.6 Å². The lowest BCUT2D eigenvalue weighted by Gasteiger charge is -2.31. The molecule has 1 aromatic rings. The molecular weight excluding hydrogens is 301 g/mol. The number of ether oxygens (including phenoxy) is 1. The van der Waals surface area contributed by atoms with Crippen LogP contribution in [0.5, 0.6) is 5.75 Å². The molecule has 1 heterocycles. The lowest BCUT2D eigenvalue weighted by Crippen LogP contribution is -2.39. The number of phenolic OH excluding ortho intramolecular Hbond substituents is 1. The smallest absolute Gasteiger partial charge is 0.310 e. The SMILES string of the molecule is CCOC(=O)[C@H]1CCCN(Cc2cc(F)cc(C(C)=O)c2O)C1. The summed E-state index contributed by atoms with van der Waals surface area (Å²) in [6.45, 7) is 4.95. The van der Waals surface area contributed by atoms with Crippen molar-refractivity contribution in [3.05, 3.63) is 29.1 Å². The Morgan fingerprint density at radius 1 is 1.43 bits per heavy atom. The summed E-state index contributed by atoms with van der Waals surface area (Å²) in [7, 11) is 0. The summed E-state index contributed by atoms with van der Waals surface area (Å²) in [4.78, 5) is 25.3. The molecule has 1 saturated heterocycles. The van der Waals surface area contributed by atoms with Crippen molar-refractivity contribution < 1.29 is 23.8 Å². The lowest BCUT2D eigenvalue weighted by atomic mass is 9.97. The fourth-order valence-corrected chi connectivity index (χ4v) is 2.94. The minimum Gasteiger partial charge on any atom is -0.507 e. The van der Waals surface area contributed by atoms with Crippen LogP contribution in [0.1, 0.15) is 42.6 Å². The first kappa shape index (κ1) is 17.4. The van der Waals surface area contributed by atoms with Gasteiger partial charge in [0, 0.05) is 18.7 Å². The number of Topliss-reactive ketones (excluding diaryl/α,β-unsaturated/α-hetero) is 1. The van der Waals surface area contributed by atoms with E-state index in [0.717, 1.165) is 25.5 Å². The average Bonchev–Trinajstić information content (AvgIpc) is 2.51. The fraction of sp³-hybridized carbons (Fsp3) is 0.529. The van der Waals surface area contributed by atoms with Gasteiger partial charge in [-0.1, -0.05) is 0 Å². The van der Waals surface area contributed by atoms with Crippen molar-refractivity contribution in [2.45, 2.75) is 33.2 Å². The number of rotatable bonds is 5. The van der Waals surface area contributed by atoms with Gasteiger partial charge in [-0.2, -0.15) is 0 Å². The number of phenols is 1. The second-order valence-electron chi connectivity index (χ2n) is 5.84. The maximum absolute atomic E-state index is 13.7. The number of esters is 1. The molecule has 0 amide bonds. The number of nitrogens with zero attached hydrogens (tertiary/aromatic N) is 1. The molecule has 1 fully saturated rings. The Morgan fingerprint density at radius 3 is 2.83 bits per heavy atom. The van der Waals surface area contributed by atoms with Gasteiger partial charge in [-0.25, -0.2) is 4.39 Å². The molecule has 1 N–H and O–H groups in total. The second kappa shape index (κ2) is 7.55. The minimum atomic E-state index is -0.554. The molecule has 0 aromatic heterocycles. The normalized spacial score (nSPS) is 18.7. The van der Waals surface area contributed by atoms with Crippen molar-refractivity contribution in [1.29, 1.82) is 0 Å². The number of hydrogen-bond donors (Lipinski definition) is 1. The Bertz CT molecular complexity index is 603. The van der Waals surface area contributed by atoms with Crippen LogP contribution in [0.25, 0.3) is 0 Å². The van der Waals surface area contributed by atoms with Gasteiger partial charge < -0.3 is 9.84 Å². The molecule has 2 rings (SSSR count). The summed E-state index contributed by atoms with van der Waals surface area (Å²) in [5, 5.41) is 10.2. The number of benzene rings is 1. The Hall–Kier alpha value is -1.95. The third-order valence-electron chi connectivity index (χ3n) is 4.05. The van der Waals surface area contributed by atoms with Crippen molar-refractivity contribution in [2.75, 3.05) is 19.7 Å². The van der Waals surface area contributed by atoms with Crippen LogP contribution >= 0.6 is 0 Å². The maximum atomic E-state index is 13.7. The van der Waals surface area contributed by atoms with Crippen molar-refractivity contribution >= 4 is 11.8 Å². The summed E-state index contributed by atoms with van der Waals surface area (Å²) in [6.07, 6.45) is 1.60. The van der Waals surface area contributed by atoms with E-state index in [0.29, 0.717) is 25.3 Å². The molecule has 0 unspecified atom stereocenters. The number of likely N-dealkylation sites (tertiary alicyclic amines) is 1. The molecular formula is C17H22FNO4. The fourth-order valence-electron chi connectivity index (χ4n) is 2.94. The molecule has 0 aliphatic carbocycles. The van der Waals surface area contributed by atoms with Crippen molar-refractivity contribution in [1.82, 2.24) is 4.90 Å². The third-order valence-corrected chi connectivity index (χ3v) is 4.05. The zero-order chi connectivity index (χ0) is 17.0. The van der Waals surface area contributed by atoms with Crippen LogP contribution in [0.15, 0.2) is 12.1 Å². The Morgan fingerprint density at radius 2 is 2.17 bits per heavy atom. The van der Waals surface area contributed by atoms with Crippen LogP contribution < -0.4 is 0 Å². The van der Waals surface area contributed by atoms with E-state index in [1.165, 1.54) is 13.0 Å². The molecule has 126 valence electrons. The van der Waals surface area contributed by atoms with E-state index in [2.05, 4.69) is 0 Å². The maximum Gasteiger partial charge on any atom is 0.310 e. The van der Waals surface area contributed by atoms with E-state index in [4.69, 9.17) is 4.74 Å². The lowest BCUT2D eigenvalue weighted by molar-refractivity contribution is -0.150. The van der Waals surface area contributed by atoms with Gasteiger partial charge in [-0.05, 0) is 45.4 Å². The van der Waals surface area contributed by atoms with Gasteiger partial charge in [0.25, 0.3) is 0 Å². The standard InChI is InChI=1S/C17H22FNO4/c1-3-23-17(22)12-5-4-6-19(9-12)10-13-7-14(18)8-15(11(2)20)16(13)21/h7-8,12,21H,3-6,9-10H2,1-2H3/t12-/m0/s1. The molecule has 1 aromatic carbocycles. The average molecular weight is 323 g/mol. The number of carbonyl (C=O) groups excluding carboxylic acids is 2. The topological polar surface area (TPSA) is 66.8 Å². The van der Waals surface area contributed by atoms with Crippen LogP contribution in [-0.4, -0.2) is 41.5 Å². The third kappa shape index (κ3) is 4.28. The van der Waals surface area contributed by atoms with Crippen LogP contribution in [0.3, 0.4) is 0 Å². The molecule has 1 aliphatic heterocycles. The molecule has 6 heteroatoms. The molecule has 1 aliphatic rings. The van der Waals surface area contributed by atoms with Crippen molar-refractivity contribution in [3.63, 3.8) is 0 Å². The zero-order valence-corrected chi connectivity index (χ0v) is 13.5. The predicted molar refractivity (Wildman–Crippen MR) is 82.7 cm³/mol. The molecule has 1 atom stereocenters. The van der Waals surface area contributed by atoms with Crippen LogP contribution in [0.4, 0.5) is 4.39 Å². The largest absolute Gasteiger partial charge is 0.507 e. The number of hydrogen-bond acceptors (Lipinski definition) is 5. The van der Waals surface area contributed by atoms with E-state index in [1.807, 2.05) is 4.90 Å². The highest BCUT2D eigenvalue weighted by atomic mass is 19.1. The zero-order valence-electron chi connectivity index (χ0n) is 13.5. The summed E-state index contributed by atoms with van der Waals surface area (Å²) >= 11 is 0. The van der Waals surface area contributed by atoms with E-state index < -0.39 is 5.82 Å². The number of piperidine rings is 1. The predicted octanol–water partition coefficient (Wildman–Crippen LogP) is 2.51. The van der Waals surface area contributed by atoms with Gasteiger partial charge in [-0.3, -0.25) is 14.5 Å². The number of halogens is 1. The molecule has 23 heavy (non-hydrogen) atoms. The van der Waals surface area contributed by atoms with Crippen molar-refractivity contribution in [3.8, 4) is 5.75 Å². The van der Waals surface area contributed by atoms with Crippen LogP contribution in [-0.2, 0) is 16.1 Å². The van der Waals surface area contributed by atoms with Gasteiger partial charge in [-0.15, -0.1) is 0 Å². The Labute approximate surface area is 135 Å². The molecule has 0 radical (unpaired) electrons. The molecule has 5 nitrogen and oxygen atoms in total. The molecule has 0 saturated carbocycles. The van der Waals surface area contributed by atoms with Crippen LogP contribution in [0, 0.1) is 11.7 Å². The van der Waals surface area contributed by atoms with Crippen LogP contribution in [0.2, 0.25) is 0 Å². The van der Waals surface area contributed by atoms with Gasteiger partial charge in [0.15, 0.2) is 5.78 Å². The first-order chi connectivity index (χ1) is 10.9. The van der Waals surface area contributed by atoms with Gasteiger partial charge in [0.2, 0.25) is 0 Å². The van der Waals surface area contributed by atoms with E-state index in [1.54, 1.807) is 6.92 Å². The quantitative estimate of drug-likeness (QED) is 0.666. The number of aromatic hydroxyl groups is 1. The second-order valence-corrected chi connectivity index (χ2v) is 5.84.